The van der Waals surface area contributed by atoms with Crippen LogP contribution >= 0.6 is 0 Å². The molecule has 92 valence electrons. The van der Waals surface area contributed by atoms with Gasteiger partial charge in [-0.3, -0.25) is 4.98 Å². The molecule has 0 aliphatic heterocycles. The fourth-order valence-electron chi connectivity index (χ4n) is 1.96. The van der Waals surface area contributed by atoms with Gasteiger partial charge in [-0.15, -0.1) is 0 Å². The Morgan fingerprint density at radius 2 is 2.17 bits per heavy atom. The first-order chi connectivity index (χ1) is 8.81. The van der Waals surface area contributed by atoms with Crippen LogP contribution in [0.15, 0.2) is 36.5 Å². The van der Waals surface area contributed by atoms with E-state index in [0.717, 1.165) is 25.0 Å². The second kappa shape index (κ2) is 6.13. The topological polar surface area (TPSA) is 48.7 Å². The lowest BCUT2D eigenvalue weighted by Crippen LogP contribution is -2.22. The average Bonchev–Trinajstić information content (AvgIpc) is 2.43. The largest absolute Gasteiger partial charge is 0.315 e. The molecule has 1 heterocycles. The third-order valence-corrected chi connectivity index (χ3v) is 2.96. The van der Waals surface area contributed by atoms with Gasteiger partial charge in [-0.05, 0) is 31.5 Å². The Hall–Kier alpha value is -1.92. The number of benzene rings is 1. The zero-order valence-electron chi connectivity index (χ0n) is 10.6. The van der Waals surface area contributed by atoms with Crippen LogP contribution in [0.4, 0.5) is 0 Å². The molecule has 0 spiro atoms. The highest BCUT2D eigenvalue weighted by molar-refractivity contribution is 5.81. The number of fused-ring (bicyclic) bond motifs is 1. The van der Waals surface area contributed by atoms with E-state index in [1.165, 1.54) is 10.9 Å². The number of hydrogen-bond donors (Lipinski definition) is 1. The van der Waals surface area contributed by atoms with Crippen molar-refractivity contribution in [1.29, 1.82) is 5.26 Å². The Labute approximate surface area is 107 Å². The summed E-state index contributed by atoms with van der Waals surface area (Å²) in [5.74, 6) is 0.0654. The summed E-state index contributed by atoms with van der Waals surface area (Å²) in [7, 11) is 0. The summed E-state index contributed by atoms with van der Waals surface area (Å²) < 4.78 is 0. The smallest absolute Gasteiger partial charge is 0.0734 e. The molecule has 0 saturated heterocycles. The van der Waals surface area contributed by atoms with Crippen LogP contribution in [0.1, 0.15) is 12.5 Å². The first kappa shape index (κ1) is 12.5. The lowest BCUT2D eigenvalue weighted by Gasteiger charge is -2.07. The van der Waals surface area contributed by atoms with Crippen molar-refractivity contribution in [3.8, 4) is 6.07 Å². The SMILES string of the molecule is CC(C#N)CNCCc1cccc2cccnc12. The number of rotatable bonds is 5. The molecule has 2 aromatic rings. The van der Waals surface area contributed by atoms with Crippen molar-refractivity contribution < 1.29 is 0 Å². The molecule has 0 aliphatic rings. The lowest BCUT2D eigenvalue weighted by atomic mass is 10.1. The summed E-state index contributed by atoms with van der Waals surface area (Å²) >= 11 is 0. The van der Waals surface area contributed by atoms with Crippen LogP contribution in [-0.2, 0) is 6.42 Å². The molecule has 0 saturated carbocycles. The van der Waals surface area contributed by atoms with Gasteiger partial charge in [-0.1, -0.05) is 24.3 Å². The molecule has 0 radical (unpaired) electrons. The number of pyridine rings is 1. The van der Waals surface area contributed by atoms with Crippen molar-refractivity contribution in [3.63, 3.8) is 0 Å². The summed E-state index contributed by atoms with van der Waals surface area (Å²) in [6.07, 6.45) is 2.77. The standard InChI is InChI=1S/C15H17N3/c1-12(10-16)11-17-9-7-14-5-2-4-13-6-3-8-18-15(13)14/h2-6,8,12,17H,7,9,11H2,1H3. The van der Waals surface area contributed by atoms with Crippen molar-refractivity contribution in [1.82, 2.24) is 10.3 Å². The third kappa shape index (κ3) is 3.06. The molecule has 3 nitrogen and oxygen atoms in total. The molecule has 1 unspecified atom stereocenters. The van der Waals surface area contributed by atoms with Gasteiger partial charge in [0.15, 0.2) is 0 Å². The Bertz CT molecular complexity index is 552. The third-order valence-electron chi connectivity index (χ3n) is 2.96. The van der Waals surface area contributed by atoms with E-state index in [9.17, 15) is 0 Å². The van der Waals surface area contributed by atoms with Gasteiger partial charge in [-0.25, -0.2) is 0 Å². The molecule has 3 heteroatoms. The van der Waals surface area contributed by atoms with E-state index in [0.29, 0.717) is 0 Å². The second-order valence-electron chi connectivity index (χ2n) is 4.48. The van der Waals surface area contributed by atoms with Gasteiger partial charge in [0.1, 0.15) is 0 Å². The minimum Gasteiger partial charge on any atom is -0.315 e. The lowest BCUT2D eigenvalue weighted by molar-refractivity contribution is 0.603. The highest BCUT2D eigenvalue weighted by atomic mass is 14.8. The summed E-state index contributed by atoms with van der Waals surface area (Å²) in [5, 5.41) is 13.2. The summed E-state index contributed by atoms with van der Waals surface area (Å²) in [4.78, 5) is 4.43. The molecule has 0 fully saturated rings. The predicted molar refractivity (Wildman–Crippen MR) is 73.1 cm³/mol. The average molecular weight is 239 g/mol. The van der Waals surface area contributed by atoms with E-state index in [4.69, 9.17) is 5.26 Å². The van der Waals surface area contributed by atoms with Crippen LogP contribution in [0.5, 0.6) is 0 Å². The summed E-state index contributed by atoms with van der Waals surface area (Å²) in [6, 6.07) is 12.5. The van der Waals surface area contributed by atoms with Crippen LogP contribution in [-0.4, -0.2) is 18.1 Å². The Balaban J connectivity index is 1.98. The quantitative estimate of drug-likeness (QED) is 0.816. The molecule has 0 amide bonds. The minimum absolute atomic E-state index is 0.0654. The summed E-state index contributed by atoms with van der Waals surface area (Å²) in [6.45, 7) is 3.54. The Morgan fingerprint density at radius 1 is 1.33 bits per heavy atom. The van der Waals surface area contributed by atoms with Gasteiger partial charge >= 0.3 is 0 Å². The number of hydrogen-bond acceptors (Lipinski definition) is 3. The van der Waals surface area contributed by atoms with E-state index < -0.39 is 0 Å². The van der Waals surface area contributed by atoms with Crippen molar-refractivity contribution in [2.24, 2.45) is 5.92 Å². The van der Waals surface area contributed by atoms with Gasteiger partial charge < -0.3 is 5.32 Å². The first-order valence-electron chi connectivity index (χ1n) is 6.24. The maximum atomic E-state index is 8.69. The van der Waals surface area contributed by atoms with Crippen molar-refractivity contribution in [3.05, 3.63) is 42.1 Å². The van der Waals surface area contributed by atoms with Crippen LogP contribution in [0, 0.1) is 17.2 Å². The van der Waals surface area contributed by atoms with Crippen molar-refractivity contribution in [2.45, 2.75) is 13.3 Å². The molecule has 18 heavy (non-hydrogen) atoms. The molecule has 1 aromatic heterocycles. The van der Waals surface area contributed by atoms with Gasteiger partial charge in [-0.2, -0.15) is 5.26 Å². The molecule has 1 aromatic carbocycles. The van der Waals surface area contributed by atoms with Crippen LogP contribution in [0.3, 0.4) is 0 Å². The number of aromatic nitrogens is 1. The minimum atomic E-state index is 0.0654. The highest BCUT2D eigenvalue weighted by Gasteiger charge is 2.02. The van der Waals surface area contributed by atoms with E-state index in [-0.39, 0.29) is 5.92 Å². The maximum absolute atomic E-state index is 8.69. The predicted octanol–water partition coefficient (Wildman–Crippen LogP) is 2.53. The van der Waals surface area contributed by atoms with Gasteiger partial charge in [0, 0.05) is 18.1 Å². The van der Waals surface area contributed by atoms with Gasteiger partial charge in [0.2, 0.25) is 0 Å². The number of para-hydroxylation sites is 1. The number of nitrogens with one attached hydrogen (secondary N) is 1. The molecular weight excluding hydrogens is 222 g/mol. The molecule has 0 bridgehead atoms. The highest BCUT2D eigenvalue weighted by Crippen LogP contribution is 2.15. The normalized spacial score (nSPS) is 12.2. The van der Waals surface area contributed by atoms with Crippen molar-refractivity contribution >= 4 is 10.9 Å². The van der Waals surface area contributed by atoms with E-state index in [2.05, 4.69) is 40.6 Å². The second-order valence-corrected chi connectivity index (χ2v) is 4.48. The molecule has 1 atom stereocenters. The molecule has 2 rings (SSSR count). The first-order valence-corrected chi connectivity index (χ1v) is 6.24. The molecule has 0 aliphatic carbocycles. The zero-order chi connectivity index (χ0) is 12.8. The van der Waals surface area contributed by atoms with Crippen LogP contribution < -0.4 is 5.32 Å². The van der Waals surface area contributed by atoms with Crippen molar-refractivity contribution in [2.75, 3.05) is 13.1 Å². The maximum Gasteiger partial charge on any atom is 0.0734 e. The van der Waals surface area contributed by atoms with Gasteiger partial charge in [0.25, 0.3) is 0 Å². The molecule has 1 N–H and O–H groups in total. The number of nitrogens with zero attached hydrogens (tertiary/aromatic N) is 2. The van der Waals surface area contributed by atoms with E-state index in [1.807, 2.05) is 19.2 Å². The monoisotopic (exact) mass is 239 g/mol. The van der Waals surface area contributed by atoms with Crippen LogP contribution in [0.25, 0.3) is 10.9 Å². The van der Waals surface area contributed by atoms with E-state index in [1.54, 1.807) is 0 Å². The molecular formula is C15H17N3. The summed E-state index contributed by atoms with van der Waals surface area (Å²) in [5.41, 5.74) is 2.33. The number of nitriles is 1. The van der Waals surface area contributed by atoms with Gasteiger partial charge in [0.05, 0.1) is 17.5 Å². The zero-order valence-corrected chi connectivity index (χ0v) is 10.6. The Morgan fingerprint density at radius 3 is 3.00 bits per heavy atom. The Kier molecular flexibility index (Phi) is 4.27. The fraction of sp³-hybridized carbons (Fsp3) is 0.333. The van der Waals surface area contributed by atoms with Crippen LogP contribution in [0.2, 0.25) is 0 Å². The fourth-order valence-corrected chi connectivity index (χ4v) is 1.96. The van der Waals surface area contributed by atoms with E-state index >= 15 is 0 Å².